The van der Waals surface area contributed by atoms with Crippen LogP contribution in [0.5, 0.6) is 0 Å². The first-order valence-electron chi connectivity index (χ1n) is 9.32. The summed E-state index contributed by atoms with van der Waals surface area (Å²) in [6.45, 7) is 0.202. The van der Waals surface area contributed by atoms with E-state index < -0.39 is 0 Å². The molecule has 156 valence electrons. The second-order valence-corrected chi connectivity index (χ2v) is 9.50. The molecule has 4 rings (SSSR count). The maximum Gasteiger partial charge on any atom is 0.266 e. The van der Waals surface area contributed by atoms with Gasteiger partial charge in [-0.05, 0) is 17.7 Å². The Morgan fingerprint density at radius 3 is 2.68 bits per heavy atom. The highest BCUT2D eigenvalue weighted by molar-refractivity contribution is 8.26. The van der Waals surface area contributed by atoms with Gasteiger partial charge >= 0.3 is 0 Å². The molecular formula is C22H16ClN3O2S3. The van der Waals surface area contributed by atoms with E-state index in [-0.39, 0.29) is 24.8 Å². The summed E-state index contributed by atoms with van der Waals surface area (Å²) in [5, 5.41) is 5.77. The zero-order valence-electron chi connectivity index (χ0n) is 16.1. The molecular weight excluding hydrogens is 470 g/mol. The Kier molecular flexibility index (Phi) is 6.82. The fourth-order valence-corrected chi connectivity index (χ4v) is 5.12. The highest BCUT2D eigenvalue weighted by atomic mass is 35.5. The van der Waals surface area contributed by atoms with Gasteiger partial charge in [-0.3, -0.25) is 14.5 Å². The average molecular weight is 486 g/mol. The lowest BCUT2D eigenvalue weighted by Gasteiger charge is -2.13. The lowest BCUT2D eigenvalue weighted by Crippen LogP contribution is -2.31. The number of thiocarbonyl (C=S) groups is 1. The number of thiazole rings is 1. The molecule has 0 atom stereocenters. The van der Waals surface area contributed by atoms with E-state index >= 15 is 0 Å². The van der Waals surface area contributed by atoms with E-state index in [0.717, 1.165) is 16.8 Å². The quantitative estimate of drug-likeness (QED) is 0.359. The topological polar surface area (TPSA) is 62.3 Å². The molecule has 1 aliphatic heterocycles. The van der Waals surface area contributed by atoms with Crippen LogP contribution in [0, 0.1) is 0 Å². The maximum absolute atomic E-state index is 12.7. The van der Waals surface area contributed by atoms with Gasteiger partial charge in [-0.25, -0.2) is 4.98 Å². The molecule has 1 N–H and O–H groups in total. The van der Waals surface area contributed by atoms with Gasteiger partial charge in [-0.2, -0.15) is 0 Å². The Morgan fingerprint density at radius 1 is 1.16 bits per heavy atom. The zero-order valence-corrected chi connectivity index (χ0v) is 19.3. The average Bonchev–Trinajstić information content (AvgIpc) is 3.33. The van der Waals surface area contributed by atoms with Gasteiger partial charge in [0.25, 0.3) is 5.91 Å². The molecule has 0 radical (unpaired) electrons. The standard InChI is InChI=1S/C22H16ClN3O2S3/c23-16-9-5-4-8-15(16)12-18-20(28)26(22(29)31-18)11-10-19(27)25-21-24-17(13-30-21)14-6-2-1-3-7-14/h1-9,12-13H,10-11H2,(H,24,25,27)/b18-12+. The summed E-state index contributed by atoms with van der Waals surface area (Å²) in [6, 6.07) is 17.0. The fraction of sp³-hybridized carbons (Fsp3) is 0.0909. The Bertz CT molecular complexity index is 1180. The molecule has 0 bridgehead atoms. The van der Waals surface area contributed by atoms with Crippen molar-refractivity contribution < 1.29 is 9.59 Å². The normalized spacial score (nSPS) is 15.0. The minimum absolute atomic E-state index is 0.117. The van der Waals surface area contributed by atoms with E-state index in [1.807, 2.05) is 53.9 Å². The number of carbonyl (C=O) groups excluding carboxylic acids is 2. The molecule has 9 heteroatoms. The molecule has 2 aromatic carbocycles. The number of anilines is 1. The van der Waals surface area contributed by atoms with Crippen LogP contribution in [0.15, 0.2) is 64.9 Å². The lowest BCUT2D eigenvalue weighted by molar-refractivity contribution is -0.122. The maximum atomic E-state index is 12.7. The van der Waals surface area contributed by atoms with E-state index in [0.29, 0.717) is 19.4 Å². The second-order valence-electron chi connectivity index (χ2n) is 6.56. The molecule has 1 aromatic heterocycles. The van der Waals surface area contributed by atoms with Crippen LogP contribution in [0.2, 0.25) is 5.02 Å². The zero-order chi connectivity index (χ0) is 21.8. The van der Waals surface area contributed by atoms with Crippen LogP contribution in [-0.4, -0.2) is 32.6 Å². The molecule has 0 saturated carbocycles. The highest BCUT2D eigenvalue weighted by Gasteiger charge is 2.32. The van der Waals surface area contributed by atoms with E-state index in [4.69, 9.17) is 23.8 Å². The molecule has 3 aromatic rings. The van der Waals surface area contributed by atoms with Gasteiger partial charge < -0.3 is 5.32 Å². The van der Waals surface area contributed by atoms with Gasteiger partial charge in [-0.1, -0.05) is 84.1 Å². The SMILES string of the molecule is O=C(CCN1C(=O)/C(=C\c2ccccc2Cl)SC1=S)Nc1nc(-c2ccccc2)cs1. The Morgan fingerprint density at radius 2 is 1.90 bits per heavy atom. The van der Waals surface area contributed by atoms with Gasteiger partial charge in [0.15, 0.2) is 5.13 Å². The Labute approximate surface area is 198 Å². The van der Waals surface area contributed by atoms with Crippen molar-refractivity contribution in [2.45, 2.75) is 6.42 Å². The summed E-state index contributed by atoms with van der Waals surface area (Å²) in [4.78, 5) is 31.5. The van der Waals surface area contributed by atoms with Gasteiger partial charge in [0, 0.05) is 28.9 Å². The summed E-state index contributed by atoms with van der Waals surface area (Å²) in [7, 11) is 0. The summed E-state index contributed by atoms with van der Waals surface area (Å²) in [5.74, 6) is -0.443. The number of carbonyl (C=O) groups is 2. The molecule has 31 heavy (non-hydrogen) atoms. The number of nitrogens with zero attached hydrogens (tertiary/aromatic N) is 2. The van der Waals surface area contributed by atoms with Crippen LogP contribution in [0.25, 0.3) is 17.3 Å². The number of nitrogens with one attached hydrogen (secondary N) is 1. The van der Waals surface area contributed by atoms with E-state index in [1.54, 1.807) is 12.1 Å². The Balaban J connectivity index is 1.35. The third kappa shape index (κ3) is 5.22. The van der Waals surface area contributed by atoms with Crippen LogP contribution in [0.4, 0.5) is 5.13 Å². The first-order chi connectivity index (χ1) is 15.0. The monoisotopic (exact) mass is 485 g/mol. The van der Waals surface area contributed by atoms with E-state index in [1.165, 1.54) is 28.0 Å². The second kappa shape index (κ2) is 9.74. The van der Waals surface area contributed by atoms with Crippen LogP contribution < -0.4 is 5.32 Å². The van der Waals surface area contributed by atoms with Gasteiger partial charge in [0.2, 0.25) is 5.91 Å². The van der Waals surface area contributed by atoms with Crippen molar-refractivity contribution in [1.82, 2.24) is 9.88 Å². The third-order valence-corrected chi connectivity index (χ3v) is 6.93. The summed E-state index contributed by atoms with van der Waals surface area (Å²) in [6.07, 6.45) is 1.84. The largest absolute Gasteiger partial charge is 0.302 e. The van der Waals surface area contributed by atoms with Crippen molar-refractivity contribution in [3.63, 3.8) is 0 Å². The lowest BCUT2D eigenvalue weighted by atomic mass is 10.2. The number of hydrogen-bond donors (Lipinski definition) is 1. The van der Waals surface area contributed by atoms with Gasteiger partial charge in [0.05, 0.1) is 10.6 Å². The number of rotatable bonds is 6. The minimum atomic E-state index is -0.224. The number of thioether (sulfide) groups is 1. The first kappa shape index (κ1) is 21.7. The third-order valence-electron chi connectivity index (χ3n) is 4.45. The number of aromatic nitrogens is 1. The number of halogens is 1. The van der Waals surface area contributed by atoms with Gasteiger partial charge in [0.1, 0.15) is 4.32 Å². The van der Waals surface area contributed by atoms with Crippen LogP contribution in [0.3, 0.4) is 0 Å². The number of benzene rings is 2. The molecule has 0 spiro atoms. The van der Waals surface area contributed by atoms with Crippen LogP contribution in [-0.2, 0) is 9.59 Å². The minimum Gasteiger partial charge on any atom is -0.302 e. The highest BCUT2D eigenvalue weighted by Crippen LogP contribution is 2.34. The molecule has 1 fully saturated rings. The van der Waals surface area contributed by atoms with E-state index in [2.05, 4.69) is 10.3 Å². The number of hydrogen-bond acceptors (Lipinski definition) is 6. The molecule has 0 aliphatic carbocycles. The summed E-state index contributed by atoms with van der Waals surface area (Å²) < 4.78 is 0.428. The number of amides is 2. The predicted molar refractivity (Wildman–Crippen MR) is 132 cm³/mol. The molecule has 1 saturated heterocycles. The summed E-state index contributed by atoms with van der Waals surface area (Å²) >= 11 is 14.1. The van der Waals surface area contributed by atoms with Crippen molar-refractivity contribution in [3.05, 3.63) is 75.5 Å². The molecule has 2 amide bonds. The van der Waals surface area contributed by atoms with Gasteiger partial charge in [-0.15, -0.1) is 11.3 Å². The van der Waals surface area contributed by atoms with E-state index in [9.17, 15) is 9.59 Å². The molecule has 5 nitrogen and oxygen atoms in total. The van der Waals surface area contributed by atoms with Crippen molar-refractivity contribution in [1.29, 1.82) is 0 Å². The smallest absolute Gasteiger partial charge is 0.266 e. The first-order valence-corrected chi connectivity index (χ1v) is 11.8. The predicted octanol–water partition coefficient (Wildman–Crippen LogP) is 5.69. The van der Waals surface area contributed by atoms with Crippen molar-refractivity contribution in [2.24, 2.45) is 0 Å². The van der Waals surface area contributed by atoms with Crippen molar-refractivity contribution in [2.75, 3.05) is 11.9 Å². The van der Waals surface area contributed by atoms with Crippen molar-refractivity contribution >= 4 is 74.3 Å². The molecule has 0 unspecified atom stereocenters. The fourth-order valence-electron chi connectivity index (χ4n) is 2.89. The molecule has 2 heterocycles. The summed E-state index contributed by atoms with van der Waals surface area (Å²) in [5.41, 5.74) is 2.55. The van der Waals surface area contributed by atoms with Crippen molar-refractivity contribution in [3.8, 4) is 11.3 Å². The van der Waals surface area contributed by atoms with Crippen LogP contribution in [0.1, 0.15) is 12.0 Å². The molecule has 1 aliphatic rings. The Hall–Kier alpha value is -2.52. The van der Waals surface area contributed by atoms with Crippen LogP contribution >= 0.6 is 46.9 Å².